The summed E-state index contributed by atoms with van der Waals surface area (Å²) in [5, 5.41) is 10.6. The van der Waals surface area contributed by atoms with E-state index in [1.54, 1.807) is 0 Å². The van der Waals surface area contributed by atoms with Crippen molar-refractivity contribution in [2.75, 3.05) is 6.61 Å². The summed E-state index contributed by atoms with van der Waals surface area (Å²) in [6.45, 7) is 1.56. The van der Waals surface area contributed by atoms with Gasteiger partial charge in [0.05, 0.1) is 23.6 Å². The first kappa shape index (κ1) is 14.9. The Morgan fingerprint density at radius 1 is 1.58 bits per heavy atom. The molecule has 0 saturated heterocycles. The van der Waals surface area contributed by atoms with E-state index >= 15 is 0 Å². The maximum absolute atomic E-state index is 13.7. The van der Waals surface area contributed by atoms with Crippen LogP contribution in [0, 0.1) is 15.9 Å². The lowest BCUT2D eigenvalue weighted by atomic mass is 10.1. The Bertz CT molecular complexity index is 508. The van der Waals surface area contributed by atoms with Gasteiger partial charge in [-0.3, -0.25) is 19.9 Å². The minimum absolute atomic E-state index is 0.0393. The van der Waals surface area contributed by atoms with E-state index in [4.69, 9.17) is 0 Å². The molecule has 1 aromatic rings. The topological polar surface area (TPSA) is 82.3 Å². The Morgan fingerprint density at radius 2 is 2.21 bits per heavy atom. The number of pyridine rings is 1. The van der Waals surface area contributed by atoms with Crippen molar-refractivity contribution >= 4 is 11.7 Å². The van der Waals surface area contributed by atoms with Gasteiger partial charge in [-0.25, -0.2) is 8.78 Å². The van der Waals surface area contributed by atoms with E-state index in [1.807, 2.05) is 0 Å². The minimum Gasteiger partial charge on any atom is -0.466 e. The first-order chi connectivity index (χ1) is 8.88. The van der Waals surface area contributed by atoms with Crippen LogP contribution in [0.4, 0.5) is 18.9 Å². The van der Waals surface area contributed by atoms with Gasteiger partial charge in [0, 0.05) is 6.20 Å². The van der Waals surface area contributed by atoms with Crippen LogP contribution in [-0.2, 0) is 16.0 Å². The van der Waals surface area contributed by atoms with Crippen LogP contribution in [0.1, 0.15) is 24.6 Å². The van der Waals surface area contributed by atoms with Gasteiger partial charge in [0.15, 0.2) is 0 Å². The Morgan fingerprint density at radius 3 is 2.68 bits per heavy atom. The van der Waals surface area contributed by atoms with E-state index in [0.29, 0.717) is 6.20 Å². The van der Waals surface area contributed by atoms with Crippen LogP contribution in [0.25, 0.3) is 0 Å². The van der Waals surface area contributed by atoms with Crippen LogP contribution in [-0.4, -0.2) is 22.5 Å². The molecule has 0 aliphatic rings. The zero-order valence-corrected chi connectivity index (χ0v) is 9.73. The molecule has 0 fully saturated rings. The van der Waals surface area contributed by atoms with E-state index in [2.05, 4.69) is 9.72 Å². The molecule has 0 aromatic carbocycles. The molecule has 9 heteroatoms. The summed E-state index contributed by atoms with van der Waals surface area (Å²) in [5.74, 6) is -2.40. The van der Waals surface area contributed by atoms with Gasteiger partial charge in [-0.05, 0) is 6.92 Å². The third-order valence-corrected chi connectivity index (χ3v) is 2.13. The molecule has 1 rings (SSSR count). The molecule has 0 atom stereocenters. The summed E-state index contributed by atoms with van der Waals surface area (Å²) in [4.78, 5) is 23.8. The van der Waals surface area contributed by atoms with Crippen LogP contribution in [0.5, 0.6) is 0 Å². The van der Waals surface area contributed by atoms with Gasteiger partial charge in [0.25, 0.3) is 6.43 Å². The normalized spacial score (nSPS) is 10.6. The number of nitrogens with zero attached hydrogens (tertiary/aromatic N) is 2. The number of rotatable bonds is 5. The summed E-state index contributed by atoms with van der Waals surface area (Å²) in [7, 11) is 0. The summed E-state index contributed by atoms with van der Waals surface area (Å²) in [5.41, 5.74) is -3.10. The lowest BCUT2D eigenvalue weighted by Gasteiger charge is -2.06. The second-order valence-corrected chi connectivity index (χ2v) is 3.36. The Balaban J connectivity index is 3.20. The highest BCUT2D eigenvalue weighted by molar-refractivity contribution is 5.72. The number of carbonyl (C=O) groups is 1. The van der Waals surface area contributed by atoms with E-state index in [1.165, 1.54) is 6.92 Å². The highest BCUT2D eigenvalue weighted by atomic mass is 19.3. The molecule has 0 saturated carbocycles. The number of carbonyl (C=O) groups excluding carboxylic acids is 1. The van der Waals surface area contributed by atoms with Gasteiger partial charge in [0.2, 0.25) is 5.82 Å². The van der Waals surface area contributed by atoms with Crippen LogP contribution >= 0.6 is 0 Å². The van der Waals surface area contributed by atoms with Crippen molar-refractivity contribution in [1.29, 1.82) is 0 Å². The second kappa shape index (κ2) is 6.12. The number of hydrogen-bond acceptors (Lipinski definition) is 5. The Hall–Kier alpha value is -2.19. The SMILES string of the molecule is CCOC(=O)Cc1ncc(C(F)F)c([N+](=O)[O-])c1F. The predicted octanol–water partition coefficient (Wildman–Crippen LogP) is 2.17. The zero-order valence-electron chi connectivity index (χ0n) is 9.73. The molecule has 19 heavy (non-hydrogen) atoms. The van der Waals surface area contributed by atoms with Gasteiger partial charge < -0.3 is 4.74 Å². The average molecular weight is 278 g/mol. The van der Waals surface area contributed by atoms with E-state index < -0.39 is 46.5 Å². The number of alkyl halides is 2. The molecule has 0 aliphatic heterocycles. The van der Waals surface area contributed by atoms with Crippen molar-refractivity contribution in [3.05, 3.63) is 33.4 Å². The van der Waals surface area contributed by atoms with Crippen LogP contribution in [0.15, 0.2) is 6.20 Å². The van der Waals surface area contributed by atoms with Crippen molar-refractivity contribution < 1.29 is 27.6 Å². The molecule has 0 aliphatic carbocycles. The average Bonchev–Trinajstić information content (AvgIpc) is 2.30. The third kappa shape index (κ3) is 3.39. The predicted molar refractivity (Wildman–Crippen MR) is 56.1 cm³/mol. The molecule has 0 N–H and O–H groups in total. The van der Waals surface area contributed by atoms with Crippen molar-refractivity contribution in [1.82, 2.24) is 4.98 Å². The Labute approximate surface area is 105 Å². The fraction of sp³-hybridized carbons (Fsp3) is 0.400. The van der Waals surface area contributed by atoms with Crippen LogP contribution < -0.4 is 0 Å². The quantitative estimate of drug-likeness (QED) is 0.468. The number of ether oxygens (including phenoxy) is 1. The van der Waals surface area contributed by atoms with E-state index in [9.17, 15) is 28.1 Å². The fourth-order valence-corrected chi connectivity index (χ4v) is 1.35. The minimum atomic E-state index is -3.24. The number of hydrogen-bond donors (Lipinski definition) is 0. The summed E-state index contributed by atoms with van der Waals surface area (Å²) >= 11 is 0. The first-order valence-electron chi connectivity index (χ1n) is 5.13. The molecular weight excluding hydrogens is 269 g/mol. The highest BCUT2D eigenvalue weighted by Crippen LogP contribution is 2.31. The van der Waals surface area contributed by atoms with Crippen molar-refractivity contribution in [3.63, 3.8) is 0 Å². The van der Waals surface area contributed by atoms with Gasteiger partial charge >= 0.3 is 11.7 Å². The number of esters is 1. The largest absolute Gasteiger partial charge is 0.466 e. The molecule has 0 unspecified atom stereocenters. The van der Waals surface area contributed by atoms with Crippen LogP contribution in [0.3, 0.4) is 0 Å². The summed E-state index contributed by atoms with van der Waals surface area (Å²) < 4.78 is 43.2. The smallest absolute Gasteiger partial charge is 0.317 e. The van der Waals surface area contributed by atoms with Crippen molar-refractivity contribution in [2.45, 2.75) is 19.8 Å². The second-order valence-electron chi connectivity index (χ2n) is 3.36. The van der Waals surface area contributed by atoms with Crippen LogP contribution in [0.2, 0.25) is 0 Å². The van der Waals surface area contributed by atoms with Gasteiger partial charge in [-0.1, -0.05) is 0 Å². The standard InChI is InChI=1S/C10H9F3N2O4/c1-2-19-7(16)3-6-8(11)9(15(17)18)5(4-14-6)10(12)13/h4,10H,2-3H2,1H3. The zero-order chi connectivity index (χ0) is 14.6. The molecule has 1 aromatic heterocycles. The molecule has 0 radical (unpaired) electrons. The maximum Gasteiger partial charge on any atom is 0.317 e. The van der Waals surface area contributed by atoms with Gasteiger partial charge in [0.1, 0.15) is 5.56 Å². The molecule has 0 amide bonds. The number of nitro groups is 1. The summed E-state index contributed by atoms with van der Waals surface area (Å²) in [6.07, 6.45) is -3.41. The molecule has 0 spiro atoms. The van der Waals surface area contributed by atoms with Crippen molar-refractivity contribution in [3.8, 4) is 0 Å². The first-order valence-corrected chi connectivity index (χ1v) is 5.13. The third-order valence-electron chi connectivity index (χ3n) is 2.13. The molecule has 0 bridgehead atoms. The van der Waals surface area contributed by atoms with Crippen molar-refractivity contribution in [2.24, 2.45) is 0 Å². The molecular formula is C10H9F3N2O4. The van der Waals surface area contributed by atoms with E-state index in [-0.39, 0.29) is 6.61 Å². The van der Waals surface area contributed by atoms with Gasteiger partial charge in [-0.2, -0.15) is 4.39 Å². The lowest BCUT2D eigenvalue weighted by molar-refractivity contribution is -0.389. The molecule has 1 heterocycles. The number of aromatic nitrogens is 1. The Kier molecular flexibility index (Phi) is 4.79. The maximum atomic E-state index is 13.7. The van der Waals surface area contributed by atoms with Gasteiger partial charge in [-0.15, -0.1) is 0 Å². The lowest BCUT2D eigenvalue weighted by Crippen LogP contribution is -2.12. The summed E-state index contributed by atoms with van der Waals surface area (Å²) in [6, 6.07) is 0. The molecule has 6 nitrogen and oxygen atoms in total. The fourth-order valence-electron chi connectivity index (χ4n) is 1.35. The monoisotopic (exact) mass is 278 g/mol. The number of halogens is 3. The highest BCUT2D eigenvalue weighted by Gasteiger charge is 2.30. The molecule has 104 valence electrons. The van der Waals surface area contributed by atoms with E-state index in [0.717, 1.165) is 0 Å².